The number of nitrogens with zero attached hydrogens (tertiary/aromatic N) is 2. The fourth-order valence-corrected chi connectivity index (χ4v) is 2.54. The van der Waals surface area contributed by atoms with Crippen LogP contribution in [0.5, 0.6) is 0 Å². The summed E-state index contributed by atoms with van der Waals surface area (Å²) in [5, 5.41) is 2.68. The molecule has 0 aromatic carbocycles. The maximum Gasteiger partial charge on any atom is 0.266 e. The predicted octanol–water partition coefficient (Wildman–Crippen LogP) is 2.86. The third-order valence-electron chi connectivity index (χ3n) is 1.89. The maximum atomic E-state index is 11.8. The number of carbonyl (C=O) groups excluding carboxylic acids is 1. The topological polar surface area (TPSA) is 54.9 Å². The smallest absolute Gasteiger partial charge is 0.266 e. The summed E-state index contributed by atoms with van der Waals surface area (Å²) in [6, 6.07) is 1.83. The summed E-state index contributed by atoms with van der Waals surface area (Å²) >= 11 is 4.78. The Hall–Kier alpha value is -1.27. The quantitative estimate of drug-likeness (QED) is 0.927. The first-order valence-electron chi connectivity index (χ1n) is 4.50. The lowest BCUT2D eigenvalue weighted by molar-refractivity contribution is 0.103. The lowest BCUT2D eigenvalue weighted by Gasteiger charge is -2.00. The van der Waals surface area contributed by atoms with Crippen molar-refractivity contribution in [2.45, 2.75) is 6.92 Å². The van der Waals surface area contributed by atoms with Crippen molar-refractivity contribution in [3.05, 3.63) is 38.9 Å². The van der Waals surface area contributed by atoms with E-state index in [9.17, 15) is 4.79 Å². The zero-order valence-electron chi connectivity index (χ0n) is 8.40. The van der Waals surface area contributed by atoms with E-state index in [1.165, 1.54) is 23.7 Å². The first-order valence-corrected chi connectivity index (χ1v) is 6.11. The highest BCUT2D eigenvalue weighted by atomic mass is 79.9. The standard InChI is InChI=1S/C10H8BrN3OS/c1-6-4-7(16-9(6)11)10(15)14-8-5-12-2-3-13-8/h2-5H,1H3,(H,13,14,15). The number of aromatic nitrogens is 2. The van der Waals surface area contributed by atoms with Gasteiger partial charge in [0.1, 0.15) is 0 Å². The first-order chi connectivity index (χ1) is 7.66. The van der Waals surface area contributed by atoms with E-state index < -0.39 is 0 Å². The van der Waals surface area contributed by atoms with Gasteiger partial charge in [0.2, 0.25) is 0 Å². The summed E-state index contributed by atoms with van der Waals surface area (Å²) in [7, 11) is 0. The van der Waals surface area contributed by atoms with E-state index in [-0.39, 0.29) is 5.91 Å². The van der Waals surface area contributed by atoms with Crippen molar-refractivity contribution in [1.82, 2.24) is 9.97 Å². The van der Waals surface area contributed by atoms with Gasteiger partial charge in [0.15, 0.2) is 5.82 Å². The molecule has 0 aliphatic rings. The molecule has 16 heavy (non-hydrogen) atoms. The van der Waals surface area contributed by atoms with Gasteiger partial charge in [0.05, 0.1) is 14.9 Å². The minimum absolute atomic E-state index is 0.167. The van der Waals surface area contributed by atoms with Gasteiger partial charge in [-0.25, -0.2) is 4.98 Å². The van der Waals surface area contributed by atoms with Crippen LogP contribution in [0.1, 0.15) is 15.2 Å². The molecule has 0 unspecified atom stereocenters. The number of aryl methyl sites for hydroxylation is 1. The molecule has 2 aromatic heterocycles. The second-order valence-electron chi connectivity index (χ2n) is 3.11. The van der Waals surface area contributed by atoms with Crippen LogP contribution in [0.4, 0.5) is 5.82 Å². The molecule has 82 valence electrons. The predicted molar refractivity (Wildman–Crippen MR) is 66.7 cm³/mol. The van der Waals surface area contributed by atoms with E-state index in [2.05, 4.69) is 31.2 Å². The molecular formula is C10H8BrN3OS. The molecule has 4 nitrogen and oxygen atoms in total. The van der Waals surface area contributed by atoms with Crippen molar-refractivity contribution in [2.24, 2.45) is 0 Å². The molecule has 0 atom stereocenters. The Morgan fingerprint density at radius 2 is 2.31 bits per heavy atom. The molecule has 0 fully saturated rings. The highest BCUT2D eigenvalue weighted by molar-refractivity contribution is 9.11. The van der Waals surface area contributed by atoms with Gasteiger partial charge < -0.3 is 5.32 Å². The normalized spacial score (nSPS) is 10.1. The Bertz CT molecular complexity index is 493. The van der Waals surface area contributed by atoms with Crippen molar-refractivity contribution in [2.75, 3.05) is 5.32 Å². The van der Waals surface area contributed by atoms with Crippen LogP contribution in [0.25, 0.3) is 0 Å². The average molecular weight is 298 g/mol. The molecule has 0 bridgehead atoms. The Labute approximate surface area is 105 Å². The van der Waals surface area contributed by atoms with Gasteiger partial charge in [0.25, 0.3) is 5.91 Å². The van der Waals surface area contributed by atoms with E-state index in [0.29, 0.717) is 10.7 Å². The summed E-state index contributed by atoms with van der Waals surface area (Å²) in [5.41, 5.74) is 1.05. The average Bonchev–Trinajstić information content (AvgIpc) is 2.61. The van der Waals surface area contributed by atoms with Crippen molar-refractivity contribution in [1.29, 1.82) is 0 Å². The molecule has 0 aliphatic heterocycles. The summed E-state index contributed by atoms with van der Waals surface area (Å²) in [4.78, 5) is 20.3. The van der Waals surface area contributed by atoms with E-state index in [1.807, 2.05) is 13.0 Å². The third-order valence-corrected chi connectivity index (χ3v) is 4.02. The lowest BCUT2D eigenvalue weighted by Crippen LogP contribution is -2.11. The van der Waals surface area contributed by atoms with Crippen molar-refractivity contribution < 1.29 is 4.79 Å². The Morgan fingerprint density at radius 1 is 1.50 bits per heavy atom. The number of nitrogens with one attached hydrogen (secondary N) is 1. The number of carbonyl (C=O) groups is 1. The van der Waals surface area contributed by atoms with Crippen LogP contribution >= 0.6 is 27.3 Å². The Balaban J connectivity index is 2.15. The van der Waals surface area contributed by atoms with Gasteiger partial charge in [-0.2, -0.15) is 0 Å². The zero-order valence-corrected chi connectivity index (χ0v) is 10.8. The molecule has 0 radical (unpaired) electrons. The summed E-state index contributed by atoms with van der Waals surface area (Å²) in [6.07, 6.45) is 4.60. The molecule has 2 rings (SSSR count). The highest BCUT2D eigenvalue weighted by Crippen LogP contribution is 2.27. The largest absolute Gasteiger partial charge is 0.305 e. The highest BCUT2D eigenvalue weighted by Gasteiger charge is 2.11. The minimum Gasteiger partial charge on any atom is -0.305 e. The Morgan fingerprint density at radius 3 is 2.88 bits per heavy atom. The molecule has 0 saturated heterocycles. The number of hydrogen-bond acceptors (Lipinski definition) is 4. The van der Waals surface area contributed by atoms with Gasteiger partial charge in [-0.05, 0) is 34.5 Å². The number of halogens is 1. The molecule has 2 heterocycles. The maximum absolute atomic E-state index is 11.8. The number of hydrogen-bond donors (Lipinski definition) is 1. The third kappa shape index (κ3) is 2.45. The fourth-order valence-electron chi connectivity index (χ4n) is 1.11. The molecule has 0 spiro atoms. The van der Waals surface area contributed by atoms with E-state index >= 15 is 0 Å². The number of amides is 1. The zero-order chi connectivity index (χ0) is 11.5. The number of anilines is 1. The molecule has 1 amide bonds. The second kappa shape index (κ2) is 4.71. The van der Waals surface area contributed by atoms with Gasteiger partial charge >= 0.3 is 0 Å². The summed E-state index contributed by atoms with van der Waals surface area (Å²) in [6.45, 7) is 1.94. The molecule has 0 aliphatic carbocycles. The van der Waals surface area contributed by atoms with E-state index in [1.54, 1.807) is 6.20 Å². The van der Waals surface area contributed by atoms with Crippen LogP contribution in [-0.4, -0.2) is 15.9 Å². The van der Waals surface area contributed by atoms with Crippen molar-refractivity contribution in [3.8, 4) is 0 Å². The monoisotopic (exact) mass is 297 g/mol. The molecule has 2 aromatic rings. The Kier molecular flexibility index (Phi) is 3.31. The van der Waals surface area contributed by atoms with Crippen LogP contribution in [-0.2, 0) is 0 Å². The molecule has 0 saturated carbocycles. The van der Waals surface area contributed by atoms with Gasteiger partial charge in [0, 0.05) is 12.4 Å². The van der Waals surface area contributed by atoms with Crippen LogP contribution in [0.2, 0.25) is 0 Å². The number of thiophene rings is 1. The number of rotatable bonds is 2. The van der Waals surface area contributed by atoms with E-state index in [4.69, 9.17) is 0 Å². The van der Waals surface area contributed by atoms with Gasteiger partial charge in [-0.1, -0.05) is 0 Å². The van der Waals surface area contributed by atoms with Crippen molar-refractivity contribution in [3.63, 3.8) is 0 Å². The lowest BCUT2D eigenvalue weighted by atomic mass is 10.3. The van der Waals surface area contributed by atoms with Crippen LogP contribution in [0.3, 0.4) is 0 Å². The summed E-state index contributed by atoms with van der Waals surface area (Å²) < 4.78 is 0.969. The van der Waals surface area contributed by atoms with Crippen LogP contribution in [0.15, 0.2) is 28.4 Å². The van der Waals surface area contributed by atoms with Gasteiger partial charge in [-0.3, -0.25) is 9.78 Å². The van der Waals surface area contributed by atoms with Crippen LogP contribution < -0.4 is 5.32 Å². The molecular weight excluding hydrogens is 290 g/mol. The summed E-state index contributed by atoms with van der Waals surface area (Å²) in [5.74, 6) is 0.286. The van der Waals surface area contributed by atoms with Crippen LogP contribution in [0, 0.1) is 6.92 Å². The SMILES string of the molecule is Cc1cc(C(=O)Nc2cnccn2)sc1Br. The van der Waals surface area contributed by atoms with E-state index in [0.717, 1.165) is 9.35 Å². The fraction of sp³-hybridized carbons (Fsp3) is 0.100. The van der Waals surface area contributed by atoms with Gasteiger partial charge in [-0.15, -0.1) is 11.3 Å². The molecule has 6 heteroatoms. The molecule has 1 N–H and O–H groups in total. The minimum atomic E-state index is -0.167. The first kappa shape index (κ1) is 11.2. The second-order valence-corrected chi connectivity index (χ2v) is 5.48. The van der Waals surface area contributed by atoms with Crippen molar-refractivity contribution >= 4 is 39.0 Å².